The van der Waals surface area contributed by atoms with Crippen molar-refractivity contribution in [1.29, 1.82) is 0 Å². The number of aliphatic hydroxyl groups excluding tert-OH is 1. The molecule has 2 N–H and O–H groups in total. The summed E-state index contributed by atoms with van der Waals surface area (Å²) in [4.78, 5) is 5.33. The zero-order chi connectivity index (χ0) is 14.2. The highest BCUT2D eigenvalue weighted by Gasteiger charge is 2.08. The average molecular weight is 273 g/mol. The number of ether oxygens (including phenoxy) is 1. The maximum absolute atomic E-state index is 10.0. The molecule has 0 bridgehead atoms. The quantitative estimate of drug-likeness (QED) is 0.601. The zero-order valence-corrected chi connectivity index (χ0v) is 11.5. The van der Waals surface area contributed by atoms with Gasteiger partial charge in [-0.3, -0.25) is 4.84 Å². The molecule has 0 aromatic heterocycles. The molecule has 0 radical (unpaired) electrons. The molecule has 0 heterocycles. The first-order chi connectivity index (χ1) is 9.79. The third-order valence-corrected chi connectivity index (χ3v) is 2.94. The Balaban J connectivity index is 1.76. The Kier molecular flexibility index (Phi) is 5.55. The van der Waals surface area contributed by atoms with E-state index in [2.05, 4.69) is 5.48 Å². The zero-order valence-electron chi connectivity index (χ0n) is 11.5. The van der Waals surface area contributed by atoms with E-state index >= 15 is 0 Å². The van der Waals surface area contributed by atoms with E-state index in [0.717, 1.165) is 16.9 Å². The van der Waals surface area contributed by atoms with Crippen LogP contribution in [0.25, 0.3) is 0 Å². The normalized spacial score (nSPS) is 12.1. The predicted octanol–water partition coefficient (Wildman–Crippen LogP) is 2.45. The third kappa shape index (κ3) is 4.35. The van der Waals surface area contributed by atoms with Gasteiger partial charge < -0.3 is 9.84 Å². The molecule has 4 heteroatoms. The molecule has 0 saturated heterocycles. The maximum Gasteiger partial charge on any atom is 0.119 e. The Morgan fingerprint density at radius 1 is 1.10 bits per heavy atom. The Morgan fingerprint density at radius 2 is 1.90 bits per heavy atom. The van der Waals surface area contributed by atoms with E-state index < -0.39 is 6.10 Å². The number of hydrogen-bond donors (Lipinski definition) is 2. The number of aliphatic hydroxyl groups is 1. The van der Waals surface area contributed by atoms with E-state index in [1.165, 1.54) is 0 Å². The minimum atomic E-state index is -0.638. The highest BCUT2D eigenvalue weighted by Crippen LogP contribution is 2.18. The van der Waals surface area contributed by atoms with Crippen molar-refractivity contribution in [3.05, 3.63) is 65.7 Å². The number of benzene rings is 2. The average Bonchev–Trinajstić information content (AvgIpc) is 2.52. The van der Waals surface area contributed by atoms with Crippen molar-refractivity contribution in [2.24, 2.45) is 0 Å². The first kappa shape index (κ1) is 14.5. The van der Waals surface area contributed by atoms with Crippen LogP contribution in [0.3, 0.4) is 0 Å². The Bertz CT molecular complexity index is 516. The van der Waals surface area contributed by atoms with Crippen LogP contribution in [0.1, 0.15) is 17.2 Å². The van der Waals surface area contributed by atoms with Crippen molar-refractivity contribution in [3.8, 4) is 5.75 Å². The molecule has 1 unspecified atom stereocenters. The van der Waals surface area contributed by atoms with Gasteiger partial charge in [0.05, 0.1) is 26.4 Å². The van der Waals surface area contributed by atoms with Crippen molar-refractivity contribution in [2.45, 2.75) is 12.7 Å². The second-order valence-corrected chi connectivity index (χ2v) is 4.42. The minimum absolute atomic E-state index is 0.319. The molecule has 0 aliphatic carbocycles. The van der Waals surface area contributed by atoms with E-state index in [9.17, 15) is 5.11 Å². The van der Waals surface area contributed by atoms with E-state index in [4.69, 9.17) is 9.57 Å². The SMILES string of the molecule is COc1cccc(C(O)CNOCc2ccccc2)c1. The molecule has 4 nitrogen and oxygen atoms in total. The van der Waals surface area contributed by atoms with E-state index in [0.29, 0.717) is 13.2 Å². The minimum Gasteiger partial charge on any atom is -0.497 e. The monoisotopic (exact) mass is 273 g/mol. The van der Waals surface area contributed by atoms with Crippen molar-refractivity contribution in [1.82, 2.24) is 5.48 Å². The highest BCUT2D eigenvalue weighted by atomic mass is 16.6. The fourth-order valence-electron chi connectivity index (χ4n) is 1.81. The second-order valence-electron chi connectivity index (χ2n) is 4.42. The van der Waals surface area contributed by atoms with Gasteiger partial charge in [-0.05, 0) is 23.3 Å². The van der Waals surface area contributed by atoms with Gasteiger partial charge in [0.25, 0.3) is 0 Å². The first-order valence-corrected chi connectivity index (χ1v) is 6.50. The summed E-state index contributed by atoms with van der Waals surface area (Å²) in [6.45, 7) is 0.783. The summed E-state index contributed by atoms with van der Waals surface area (Å²) in [7, 11) is 1.60. The highest BCUT2D eigenvalue weighted by molar-refractivity contribution is 5.29. The summed E-state index contributed by atoms with van der Waals surface area (Å²) in [5.41, 5.74) is 4.65. The van der Waals surface area contributed by atoms with Crippen molar-refractivity contribution < 1.29 is 14.7 Å². The molecule has 106 valence electrons. The van der Waals surface area contributed by atoms with Crippen molar-refractivity contribution in [2.75, 3.05) is 13.7 Å². The summed E-state index contributed by atoms with van der Waals surface area (Å²) < 4.78 is 5.13. The summed E-state index contributed by atoms with van der Waals surface area (Å²) in [5.74, 6) is 0.728. The summed E-state index contributed by atoms with van der Waals surface area (Å²) in [6, 6.07) is 17.2. The van der Waals surface area contributed by atoms with Gasteiger partial charge in [0.15, 0.2) is 0 Å². The summed E-state index contributed by atoms with van der Waals surface area (Å²) in [5, 5.41) is 10.0. The van der Waals surface area contributed by atoms with Crippen LogP contribution in [-0.4, -0.2) is 18.8 Å². The van der Waals surface area contributed by atoms with Gasteiger partial charge in [0, 0.05) is 0 Å². The van der Waals surface area contributed by atoms with Gasteiger partial charge in [-0.1, -0.05) is 42.5 Å². The van der Waals surface area contributed by atoms with Crippen LogP contribution in [-0.2, 0) is 11.4 Å². The lowest BCUT2D eigenvalue weighted by Crippen LogP contribution is -2.21. The predicted molar refractivity (Wildman–Crippen MR) is 77.2 cm³/mol. The lowest BCUT2D eigenvalue weighted by atomic mass is 10.1. The molecule has 0 saturated carbocycles. The van der Waals surface area contributed by atoms with E-state index in [1.54, 1.807) is 7.11 Å². The van der Waals surface area contributed by atoms with Gasteiger partial charge >= 0.3 is 0 Å². The van der Waals surface area contributed by atoms with Crippen LogP contribution < -0.4 is 10.2 Å². The number of hydrogen-bond acceptors (Lipinski definition) is 4. The van der Waals surface area contributed by atoms with Crippen LogP contribution in [0.4, 0.5) is 0 Å². The molecule has 2 aromatic carbocycles. The van der Waals surface area contributed by atoms with Crippen LogP contribution >= 0.6 is 0 Å². The first-order valence-electron chi connectivity index (χ1n) is 6.50. The molecule has 2 aromatic rings. The van der Waals surface area contributed by atoms with E-state index in [1.807, 2.05) is 54.6 Å². The number of methoxy groups -OCH3 is 1. The largest absolute Gasteiger partial charge is 0.497 e. The molecule has 0 amide bonds. The molecule has 2 rings (SSSR count). The molecule has 1 atom stereocenters. The van der Waals surface area contributed by atoms with Gasteiger partial charge in [-0.2, -0.15) is 5.48 Å². The van der Waals surface area contributed by atoms with Gasteiger partial charge in [-0.15, -0.1) is 0 Å². The topological polar surface area (TPSA) is 50.7 Å². The van der Waals surface area contributed by atoms with Gasteiger partial charge in [0.2, 0.25) is 0 Å². The number of hydroxylamine groups is 1. The van der Waals surface area contributed by atoms with Crippen LogP contribution in [0, 0.1) is 0 Å². The van der Waals surface area contributed by atoms with Crippen LogP contribution in [0.2, 0.25) is 0 Å². The fraction of sp³-hybridized carbons (Fsp3) is 0.250. The number of nitrogens with one attached hydrogen (secondary N) is 1. The summed E-state index contributed by atoms with van der Waals surface area (Å²) in [6.07, 6.45) is -0.638. The maximum atomic E-state index is 10.0. The Hall–Kier alpha value is -1.88. The molecule has 20 heavy (non-hydrogen) atoms. The molecule has 0 aliphatic heterocycles. The van der Waals surface area contributed by atoms with E-state index in [-0.39, 0.29) is 0 Å². The van der Waals surface area contributed by atoms with Gasteiger partial charge in [-0.25, -0.2) is 0 Å². The molecular formula is C16H19NO3. The molecular weight excluding hydrogens is 254 g/mol. The smallest absolute Gasteiger partial charge is 0.119 e. The standard InChI is InChI=1S/C16H19NO3/c1-19-15-9-5-8-14(10-15)16(18)11-17-20-12-13-6-3-2-4-7-13/h2-10,16-18H,11-12H2,1H3. The Morgan fingerprint density at radius 3 is 2.65 bits per heavy atom. The molecule has 0 aliphatic rings. The van der Waals surface area contributed by atoms with Crippen molar-refractivity contribution >= 4 is 0 Å². The fourth-order valence-corrected chi connectivity index (χ4v) is 1.81. The third-order valence-electron chi connectivity index (χ3n) is 2.94. The molecule has 0 fully saturated rings. The van der Waals surface area contributed by atoms with Crippen LogP contribution in [0.15, 0.2) is 54.6 Å². The van der Waals surface area contributed by atoms with Crippen molar-refractivity contribution in [3.63, 3.8) is 0 Å². The Labute approximate surface area is 118 Å². The van der Waals surface area contributed by atoms with Crippen LogP contribution in [0.5, 0.6) is 5.75 Å². The summed E-state index contributed by atoms with van der Waals surface area (Å²) >= 11 is 0. The number of rotatable bonds is 7. The lowest BCUT2D eigenvalue weighted by molar-refractivity contribution is 0.00267. The second kappa shape index (κ2) is 7.65. The van der Waals surface area contributed by atoms with Gasteiger partial charge in [0.1, 0.15) is 5.75 Å². The lowest BCUT2D eigenvalue weighted by Gasteiger charge is -2.13. The molecule has 0 spiro atoms.